The summed E-state index contributed by atoms with van der Waals surface area (Å²) in [6.45, 7) is 4.34. The van der Waals surface area contributed by atoms with Crippen LogP contribution in [0.3, 0.4) is 0 Å². The summed E-state index contributed by atoms with van der Waals surface area (Å²) in [7, 11) is 0. The lowest BCUT2D eigenvalue weighted by molar-refractivity contribution is 0.690. The Bertz CT molecular complexity index is 297. The van der Waals surface area contributed by atoms with Crippen LogP contribution < -0.4 is 16.8 Å². The van der Waals surface area contributed by atoms with Crippen molar-refractivity contribution < 1.29 is 0 Å². The van der Waals surface area contributed by atoms with Gasteiger partial charge in [-0.1, -0.05) is 13.3 Å². The molecule has 0 heterocycles. The zero-order valence-corrected chi connectivity index (χ0v) is 8.88. The van der Waals surface area contributed by atoms with Gasteiger partial charge in [-0.3, -0.25) is 0 Å². The quantitative estimate of drug-likeness (QED) is 0.643. The average molecular weight is 193 g/mol. The van der Waals surface area contributed by atoms with Crippen molar-refractivity contribution in [2.24, 2.45) is 0 Å². The van der Waals surface area contributed by atoms with E-state index in [1.165, 1.54) is 6.42 Å². The molecule has 0 aromatic heterocycles. The Balaban J connectivity index is 2.63. The molecule has 0 bridgehead atoms. The number of nitrogens with two attached hydrogens (primary N) is 2. The molecule has 1 aromatic carbocycles. The number of rotatable bonds is 4. The van der Waals surface area contributed by atoms with Crippen molar-refractivity contribution in [1.29, 1.82) is 0 Å². The van der Waals surface area contributed by atoms with Crippen molar-refractivity contribution >= 4 is 17.1 Å². The van der Waals surface area contributed by atoms with E-state index in [2.05, 4.69) is 19.2 Å². The first-order valence-electron chi connectivity index (χ1n) is 5.05. The first-order valence-corrected chi connectivity index (χ1v) is 5.05. The van der Waals surface area contributed by atoms with E-state index in [9.17, 15) is 0 Å². The normalized spacial score (nSPS) is 12.4. The summed E-state index contributed by atoms with van der Waals surface area (Å²) in [5.74, 6) is 0. The van der Waals surface area contributed by atoms with Crippen LogP contribution in [0.5, 0.6) is 0 Å². The summed E-state index contributed by atoms with van der Waals surface area (Å²) >= 11 is 0. The summed E-state index contributed by atoms with van der Waals surface area (Å²) < 4.78 is 0. The molecule has 0 amide bonds. The minimum atomic E-state index is 0.475. The average Bonchev–Trinajstić information content (AvgIpc) is 2.12. The summed E-state index contributed by atoms with van der Waals surface area (Å²) in [5.41, 5.74) is 13.6. The highest BCUT2D eigenvalue weighted by molar-refractivity contribution is 5.69. The van der Waals surface area contributed by atoms with Crippen molar-refractivity contribution in [3.05, 3.63) is 18.2 Å². The molecule has 0 radical (unpaired) electrons. The van der Waals surface area contributed by atoms with Crippen LogP contribution in [0.15, 0.2) is 18.2 Å². The number of nitrogen functional groups attached to an aromatic ring is 2. The number of benzene rings is 1. The van der Waals surface area contributed by atoms with E-state index in [0.717, 1.165) is 12.1 Å². The maximum atomic E-state index is 5.71. The Morgan fingerprint density at radius 1 is 1.29 bits per heavy atom. The van der Waals surface area contributed by atoms with Gasteiger partial charge in [0.1, 0.15) is 0 Å². The highest BCUT2D eigenvalue weighted by Gasteiger charge is 2.01. The van der Waals surface area contributed by atoms with Crippen LogP contribution in [0, 0.1) is 0 Å². The first kappa shape index (κ1) is 10.7. The van der Waals surface area contributed by atoms with Crippen molar-refractivity contribution in [2.75, 3.05) is 16.8 Å². The fraction of sp³-hybridized carbons (Fsp3) is 0.455. The molecular weight excluding hydrogens is 174 g/mol. The fourth-order valence-electron chi connectivity index (χ4n) is 1.45. The van der Waals surface area contributed by atoms with E-state index < -0.39 is 0 Å². The van der Waals surface area contributed by atoms with Crippen molar-refractivity contribution in [1.82, 2.24) is 0 Å². The molecule has 0 fully saturated rings. The second kappa shape index (κ2) is 4.74. The van der Waals surface area contributed by atoms with Crippen LogP contribution in [0.4, 0.5) is 17.1 Å². The smallest absolute Gasteiger partial charge is 0.0568 e. The summed E-state index contributed by atoms with van der Waals surface area (Å²) in [5, 5.41) is 3.38. The van der Waals surface area contributed by atoms with E-state index in [4.69, 9.17) is 11.5 Å². The highest BCUT2D eigenvalue weighted by Crippen LogP contribution is 2.20. The van der Waals surface area contributed by atoms with Gasteiger partial charge in [0.25, 0.3) is 0 Å². The van der Waals surface area contributed by atoms with Gasteiger partial charge in [-0.05, 0) is 31.5 Å². The molecule has 1 rings (SSSR count). The van der Waals surface area contributed by atoms with Crippen molar-refractivity contribution in [3.63, 3.8) is 0 Å². The Morgan fingerprint density at radius 3 is 2.57 bits per heavy atom. The van der Waals surface area contributed by atoms with E-state index in [-0.39, 0.29) is 0 Å². The SMILES string of the molecule is CCCC(C)Nc1ccc(N)c(N)c1. The van der Waals surface area contributed by atoms with Crippen LogP contribution in [-0.4, -0.2) is 6.04 Å². The molecule has 78 valence electrons. The second-order valence-corrected chi connectivity index (χ2v) is 3.68. The van der Waals surface area contributed by atoms with E-state index in [1.54, 1.807) is 0 Å². The predicted octanol–water partition coefficient (Wildman–Crippen LogP) is 2.45. The molecule has 0 saturated carbocycles. The molecule has 1 atom stereocenters. The molecule has 5 N–H and O–H groups in total. The zero-order valence-electron chi connectivity index (χ0n) is 8.88. The van der Waals surface area contributed by atoms with E-state index >= 15 is 0 Å². The van der Waals surface area contributed by atoms with Gasteiger partial charge in [0.2, 0.25) is 0 Å². The van der Waals surface area contributed by atoms with Crippen molar-refractivity contribution in [2.45, 2.75) is 32.7 Å². The second-order valence-electron chi connectivity index (χ2n) is 3.68. The summed E-state index contributed by atoms with van der Waals surface area (Å²) in [4.78, 5) is 0. The predicted molar refractivity (Wildman–Crippen MR) is 63.3 cm³/mol. The molecule has 0 aliphatic heterocycles. The maximum Gasteiger partial charge on any atom is 0.0568 e. The summed E-state index contributed by atoms with van der Waals surface area (Å²) in [6, 6.07) is 6.14. The molecule has 3 heteroatoms. The number of nitrogens with one attached hydrogen (secondary N) is 1. The molecule has 1 aromatic rings. The lowest BCUT2D eigenvalue weighted by atomic mass is 10.1. The Labute approximate surface area is 85.5 Å². The lowest BCUT2D eigenvalue weighted by Crippen LogP contribution is -2.14. The molecule has 0 saturated heterocycles. The molecule has 0 spiro atoms. The lowest BCUT2D eigenvalue weighted by Gasteiger charge is -2.14. The number of hydrogen-bond donors (Lipinski definition) is 3. The van der Waals surface area contributed by atoms with Gasteiger partial charge in [0, 0.05) is 11.7 Å². The molecule has 3 nitrogen and oxygen atoms in total. The van der Waals surface area contributed by atoms with Gasteiger partial charge in [-0.2, -0.15) is 0 Å². The molecule has 0 aliphatic carbocycles. The van der Waals surface area contributed by atoms with E-state index in [1.807, 2.05) is 18.2 Å². The minimum absolute atomic E-state index is 0.475. The van der Waals surface area contributed by atoms with Gasteiger partial charge in [-0.25, -0.2) is 0 Å². The Hall–Kier alpha value is -1.38. The third kappa shape index (κ3) is 2.83. The number of anilines is 3. The molecule has 14 heavy (non-hydrogen) atoms. The van der Waals surface area contributed by atoms with Crippen LogP contribution in [0.25, 0.3) is 0 Å². The Morgan fingerprint density at radius 2 is 2.00 bits per heavy atom. The van der Waals surface area contributed by atoms with Gasteiger partial charge >= 0.3 is 0 Å². The highest BCUT2D eigenvalue weighted by atomic mass is 14.9. The third-order valence-corrected chi connectivity index (χ3v) is 2.22. The minimum Gasteiger partial charge on any atom is -0.397 e. The van der Waals surface area contributed by atoms with Gasteiger partial charge in [-0.15, -0.1) is 0 Å². The van der Waals surface area contributed by atoms with Crippen LogP contribution in [0.2, 0.25) is 0 Å². The largest absolute Gasteiger partial charge is 0.397 e. The monoisotopic (exact) mass is 193 g/mol. The maximum absolute atomic E-state index is 5.71. The van der Waals surface area contributed by atoms with Gasteiger partial charge in [0.05, 0.1) is 11.4 Å². The third-order valence-electron chi connectivity index (χ3n) is 2.22. The molecule has 0 aliphatic rings. The first-order chi connectivity index (χ1) is 6.63. The van der Waals surface area contributed by atoms with Crippen LogP contribution in [0.1, 0.15) is 26.7 Å². The van der Waals surface area contributed by atoms with Crippen LogP contribution >= 0.6 is 0 Å². The van der Waals surface area contributed by atoms with Gasteiger partial charge < -0.3 is 16.8 Å². The molecule has 1 unspecified atom stereocenters. The van der Waals surface area contributed by atoms with Crippen LogP contribution in [-0.2, 0) is 0 Å². The van der Waals surface area contributed by atoms with Gasteiger partial charge in [0.15, 0.2) is 0 Å². The topological polar surface area (TPSA) is 64.1 Å². The summed E-state index contributed by atoms with van der Waals surface area (Å²) in [6.07, 6.45) is 2.34. The zero-order chi connectivity index (χ0) is 10.6. The standard InChI is InChI=1S/C11H19N3/c1-3-4-8(2)14-9-5-6-10(12)11(13)7-9/h5-8,14H,3-4,12-13H2,1-2H3. The number of hydrogen-bond acceptors (Lipinski definition) is 3. The Kier molecular flexibility index (Phi) is 3.63. The molecular formula is C11H19N3. The van der Waals surface area contributed by atoms with E-state index in [0.29, 0.717) is 17.4 Å². The fourth-order valence-corrected chi connectivity index (χ4v) is 1.45. The van der Waals surface area contributed by atoms with Crippen molar-refractivity contribution in [3.8, 4) is 0 Å².